The number of rotatable bonds is 6. The summed E-state index contributed by atoms with van der Waals surface area (Å²) in [5, 5.41) is 0. The highest BCUT2D eigenvalue weighted by molar-refractivity contribution is 5.16. The van der Waals surface area contributed by atoms with Gasteiger partial charge in [-0.3, -0.25) is 9.80 Å². The summed E-state index contributed by atoms with van der Waals surface area (Å²) in [5.41, 5.74) is 2.48. The van der Waals surface area contributed by atoms with Crippen LogP contribution < -0.4 is 0 Å². The van der Waals surface area contributed by atoms with E-state index in [1.54, 1.807) is 12.1 Å². The summed E-state index contributed by atoms with van der Waals surface area (Å²) in [6.07, 6.45) is 5.10. The second kappa shape index (κ2) is 8.98. The topological polar surface area (TPSA) is 24.3 Å². The second-order valence-corrected chi connectivity index (χ2v) is 8.38. The zero-order valence-electron chi connectivity index (χ0n) is 17.1. The highest BCUT2D eigenvalue weighted by atomic mass is 19.1. The molecule has 1 aromatic carbocycles. The Balaban J connectivity index is 1.70. The van der Waals surface area contributed by atoms with Gasteiger partial charge in [-0.25, -0.2) is 9.37 Å². The molecule has 0 aliphatic carbocycles. The molecule has 0 amide bonds. The molecule has 1 aromatic heterocycles. The molecule has 1 atom stereocenters. The SMILES string of the molecule is CC(C)[C@@H]1CN(Cc2cncn2C(C)C)CCCN1Cc1ccc(F)cc1. The Morgan fingerprint density at radius 2 is 1.81 bits per heavy atom. The molecule has 2 aromatic rings. The lowest BCUT2D eigenvalue weighted by Crippen LogP contribution is -2.44. The van der Waals surface area contributed by atoms with Crippen LogP contribution >= 0.6 is 0 Å². The van der Waals surface area contributed by atoms with Crippen molar-refractivity contribution in [3.05, 3.63) is 53.9 Å². The van der Waals surface area contributed by atoms with E-state index in [0.29, 0.717) is 18.0 Å². The first-order valence-corrected chi connectivity index (χ1v) is 10.2. The summed E-state index contributed by atoms with van der Waals surface area (Å²) in [6, 6.07) is 7.89. The van der Waals surface area contributed by atoms with E-state index in [0.717, 1.165) is 39.1 Å². The minimum absolute atomic E-state index is 0.164. The number of nitrogens with zero attached hydrogens (tertiary/aromatic N) is 4. The van der Waals surface area contributed by atoms with Crippen molar-refractivity contribution in [1.82, 2.24) is 19.4 Å². The van der Waals surface area contributed by atoms with Gasteiger partial charge in [0.05, 0.1) is 12.0 Å². The van der Waals surface area contributed by atoms with Gasteiger partial charge in [0, 0.05) is 44.5 Å². The third kappa shape index (κ3) is 5.17. The van der Waals surface area contributed by atoms with E-state index in [1.165, 1.54) is 11.3 Å². The predicted octanol–water partition coefficient (Wildman–Crippen LogP) is 4.34. The maximum atomic E-state index is 13.2. The molecule has 1 aliphatic rings. The van der Waals surface area contributed by atoms with Crippen LogP contribution in [0.3, 0.4) is 0 Å². The van der Waals surface area contributed by atoms with Crippen molar-refractivity contribution in [3.63, 3.8) is 0 Å². The maximum absolute atomic E-state index is 13.2. The molecule has 2 heterocycles. The molecule has 0 unspecified atom stereocenters. The number of aromatic nitrogens is 2. The van der Waals surface area contributed by atoms with Crippen LogP contribution in [-0.4, -0.2) is 45.0 Å². The number of hydrogen-bond acceptors (Lipinski definition) is 3. The quantitative estimate of drug-likeness (QED) is 0.754. The fraction of sp³-hybridized carbons (Fsp3) is 0.591. The number of benzene rings is 1. The second-order valence-electron chi connectivity index (χ2n) is 8.38. The molecule has 27 heavy (non-hydrogen) atoms. The van der Waals surface area contributed by atoms with Gasteiger partial charge >= 0.3 is 0 Å². The van der Waals surface area contributed by atoms with E-state index in [4.69, 9.17) is 0 Å². The number of halogens is 1. The van der Waals surface area contributed by atoms with Crippen molar-refractivity contribution < 1.29 is 4.39 Å². The molecule has 0 radical (unpaired) electrons. The molecular weight excluding hydrogens is 339 g/mol. The van der Waals surface area contributed by atoms with Crippen LogP contribution in [0.5, 0.6) is 0 Å². The van der Waals surface area contributed by atoms with Gasteiger partial charge in [0.15, 0.2) is 0 Å². The van der Waals surface area contributed by atoms with Crippen LogP contribution in [0.15, 0.2) is 36.8 Å². The Morgan fingerprint density at radius 3 is 2.48 bits per heavy atom. The van der Waals surface area contributed by atoms with Crippen LogP contribution in [0.2, 0.25) is 0 Å². The Kier molecular flexibility index (Phi) is 6.66. The van der Waals surface area contributed by atoms with E-state index in [9.17, 15) is 4.39 Å². The Morgan fingerprint density at radius 1 is 1.07 bits per heavy atom. The molecule has 148 valence electrons. The third-order valence-electron chi connectivity index (χ3n) is 5.59. The van der Waals surface area contributed by atoms with Gasteiger partial charge in [-0.05, 0) is 50.4 Å². The smallest absolute Gasteiger partial charge is 0.123 e. The number of hydrogen-bond donors (Lipinski definition) is 0. The summed E-state index contributed by atoms with van der Waals surface area (Å²) < 4.78 is 15.5. The lowest BCUT2D eigenvalue weighted by Gasteiger charge is -2.34. The molecule has 1 fully saturated rings. The van der Waals surface area contributed by atoms with Crippen molar-refractivity contribution in [2.75, 3.05) is 19.6 Å². The molecule has 0 saturated carbocycles. The van der Waals surface area contributed by atoms with Crippen LogP contribution in [0.25, 0.3) is 0 Å². The summed E-state index contributed by atoms with van der Waals surface area (Å²) in [7, 11) is 0. The minimum atomic E-state index is -0.164. The van der Waals surface area contributed by atoms with E-state index in [2.05, 4.69) is 47.0 Å². The van der Waals surface area contributed by atoms with Crippen molar-refractivity contribution >= 4 is 0 Å². The number of imidazole rings is 1. The van der Waals surface area contributed by atoms with Gasteiger partial charge in [-0.1, -0.05) is 26.0 Å². The lowest BCUT2D eigenvalue weighted by molar-refractivity contribution is 0.129. The Bertz CT molecular complexity index is 707. The average molecular weight is 373 g/mol. The predicted molar refractivity (Wildman–Crippen MR) is 108 cm³/mol. The van der Waals surface area contributed by atoms with E-state index in [-0.39, 0.29) is 5.82 Å². The minimum Gasteiger partial charge on any atom is -0.331 e. The molecule has 1 saturated heterocycles. The molecule has 0 N–H and O–H groups in total. The van der Waals surface area contributed by atoms with Gasteiger partial charge < -0.3 is 4.57 Å². The van der Waals surface area contributed by atoms with Gasteiger partial charge in [-0.15, -0.1) is 0 Å². The average Bonchev–Trinajstić information content (AvgIpc) is 2.99. The molecule has 5 heteroatoms. The zero-order chi connectivity index (χ0) is 19.4. The monoisotopic (exact) mass is 372 g/mol. The van der Waals surface area contributed by atoms with E-state index < -0.39 is 0 Å². The first kappa shape index (κ1) is 20.0. The van der Waals surface area contributed by atoms with Gasteiger partial charge in [-0.2, -0.15) is 0 Å². The first-order chi connectivity index (χ1) is 12.9. The summed E-state index contributed by atoms with van der Waals surface area (Å²) in [5.74, 6) is 0.407. The molecule has 3 rings (SSSR count). The van der Waals surface area contributed by atoms with Crippen molar-refractivity contribution in [1.29, 1.82) is 0 Å². The Labute approximate surface area is 163 Å². The largest absolute Gasteiger partial charge is 0.331 e. The van der Waals surface area contributed by atoms with Crippen LogP contribution in [0.4, 0.5) is 4.39 Å². The first-order valence-electron chi connectivity index (χ1n) is 10.2. The maximum Gasteiger partial charge on any atom is 0.123 e. The van der Waals surface area contributed by atoms with Gasteiger partial charge in [0.1, 0.15) is 5.82 Å². The fourth-order valence-corrected chi connectivity index (χ4v) is 4.08. The lowest BCUT2D eigenvalue weighted by atomic mass is 10.0. The Hall–Kier alpha value is -1.72. The summed E-state index contributed by atoms with van der Waals surface area (Å²) >= 11 is 0. The fourth-order valence-electron chi connectivity index (χ4n) is 4.08. The van der Waals surface area contributed by atoms with E-state index in [1.807, 2.05) is 24.7 Å². The van der Waals surface area contributed by atoms with Crippen molar-refractivity contribution in [2.45, 2.75) is 59.3 Å². The molecule has 1 aliphatic heterocycles. The van der Waals surface area contributed by atoms with Gasteiger partial charge in [0.2, 0.25) is 0 Å². The van der Waals surface area contributed by atoms with Crippen LogP contribution in [0.1, 0.15) is 51.4 Å². The van der Waals surface area contributed by atoms with Crippen molar-refractivity contribution in [3.8, 4) is 0 Å². The molecular formula is C22H33FN4. The van der Waals surface area contributed by atoms with Crippen molar-refractivity contribution in [2.24, 2.45) is 5.92 Å². The van der Waals surface area contributed by atoms with Crippen LogP contribution in [0, 0.1) is 11.7 Å². The molecule has 0 spiro atoms. The van der Waals surface area contributed by atoms with Gasteiger partial charge in [0.25, 0.3) is 0 Å². The van der Waals surface area contributed by atoms with Crippen LogP contribution in [-0.2, 0) is 13.1 Å². The summed E-state index contributed by atoms with van der Waals surface area (Å²) in [4.78, 5) is 9.52. The highest BCUT2D eigenvalue weighted by Crippen LogP contribution is 2.22. The third-order valence-corrected chi connectivity index (χ3v) is 5.59. The zero-order valence-corrected chi connectivity index (χ0v) is 17.1. The highest BCUT2D eigenvalue weighted by Gasteiger charge is 2.28. The molecule has 0 bridgehead atoms. The summed E-state index contributed by atoms with van der Waals surface area (Å²) in [6.45, 7) is 14.1. The standard InChI is InChI=1S/C22H33FN4/c1-17(2)22-15-25(14-21-12-24-16-27(21)18(3)4)10-5-11-26(22)13-19-6-8-20(23)9-7-19/h6-9,12,16-18,22H,5,10-11,13-15H2,1-4H3/t22-/m0/s1. The molecule has 4 nitrogen and oxygen atoms in total. The normalized spacial score (nSPS) is 19.7. The van der Waals surface area contributed by atoms with E-state index >= 15 is 0 Å².